The summed E-state index contributed by atoms with van der Waals surface area (Å²) in [6.45, 7) is 19.3. The Bertz CT molecular complexity index is 659. The smallest absolute Gasteiger partial charge is 0.309 e. The Morgan fingerprint density at radius 2 is 1.63 bits per heavy atom. The van der Waals surface area contributed by atoms with E-state index in [-0.39, 0.29) is 10.8 Å². The molecule has 1 aromatic carbocycles. The number of hydrogen-bond acceptors (Lipinski definition) is 2. The van der Waals surface area contributed by atoms with E-state index in [0.29, 0.717) is 25.2 Å². The van der Waals surface area contributed by atoms with Crippen molar-refractivity contribution in [2.75, 3.05) is 7.11 Å². The molecule has 0 aromatic heterocycles. The van der Waals surface area contributed by atoms with Gasteiger partial charge in [0.1, 0.15) is 5.75 Å². The van der Waals surface area contributed by atoms with E-state index in [2.05, 4.69) is 67.5 Å². The summed E-state index contributed by atoms with van der Waals surface area (Å²) in [7, 11) is 1.70. The van der Waals surface area contributed by atoms with Gasteiger partial charge in [0, 0.05) is 5.56 Å². The first-order chi connectivity index (χ1) is 12.2. The maximum atomic E-state index is 12.3. The van der Waals surface area contributed by atoms with Crippen molar-refractivity contribution in [3.63, 3.8) is 0 Å². The van der Waals surface area contributed by atoms with Crippen LogP contribution in [0.5, 0.6) is 5.75 Å². The van der Waals surface area contributed by atoms with Crippen LogP contribution in [0.4, 0.5) is 0 Å². The second-order valence-corrected chi connectivity index (χ2v) is 10.4. The van der Waals surface area contributed by atoms with Crippen molar-refractivity contribution in [3.05, 3.63) is 28.8 Å². The predicted octanol–water partition coefficient (Wildman–Crippen LogP) is 6.36. The third kappa shape index (κ3) is 5.49. The van der Waals surface area contributed by atoms with Crippen molar-refractivity contribution >= 4 is 5.97 Å². The van der Waals surface area contributed by atoms with Crippen molar-refractivity contribution in [1.29, 1.82) is 0 Å². The lowest BCUT2D eigenvalue weighted by atomic mass is 9.71. The van der Waals surface area contributed by atoms with Crippen LogP contribution in [0.2, 0.25) is 0 Å². The van der Waals surface area contributed by atoms with Gasteiger partial charge < -0.3 is 9.84 Å². The van der Waals surface area contributed by atoms with Crippen LogP contribution >= 0.6 is 0 Å². The monoisotopic (exact) mass is 376 g/mol. The van der Waals surface area contributed by atoms with E-state index < -0.39 is 11.4 Å². The van der Waals surface area contributed by atoms with Crippen LogP contribution in [0.1, 0.15) is 91.8 Å². The lowest BCUT2D eigenvalue weighted by Gasteiger charge is -2.33. The van der Waals surface area contributed by atoms with Gasteiger partial charge >= 0.3 is 5.97 Å². The number of benzene rings is 1. The maximum absolute atomic E-state index is 12.3. The molecule has 3 heteroatoms. The van der Waals surface area contributed by atoms with E-state index in [1.165, 1.54) is 5.56 Å². The molecule has 0 spiro atoms. The maximum Gasteiger partial charge on any atom is 0.309 e. The molecule has 154 valence electrons. The summed E-state index contributed by atoms with van der Waals surface area (Å²) in [6.07, 6.45) is 1.76. The SMILES string of the molecule is CCC(Cc1cc(C(C)(C)C)cc(C(C)(C)C)c1OC)(CC(C)C)C(=O)O. The van der Waals surface area contributed by atoms with Gasteiger partial charge in [0.2, 0.25) is 0 Å². The molecule has 0 aliphatic heterocycles. The van der Waals surface area contributed by atoms with Gasteiger partial charge in [-0.3, -0.25) is 4.79 Å². The zero-order chi connectivity index (χ0) is 21.2. The van der Waals surface area contributed by atoms with Gasteiger partial charge in [-0.15, -0.1) is 0 Å². The Kier molecular flexibility index (Phi) is 7.18. The van der Waals surface area contributed by atoms with Crippen LogP contribution in [0.25, 0.3) is 0 Å². The fraction of sp³-hybridized carbons (Fsp3) is 0.708. The molecule has 0 amide bonds. The number of methoxy groups -OCH3 is 1. The average Bonchev–Trinajstić information content (AvgIpc) is 2.50. The summed E-state index contributed by atoms with van der Waals surface area (Å²) in [5, 5.41) is 10.1. The van der Waals surface area contributed by atoms with Gasteiger partial charge in [0.05, 0.1) is 12.5 Å². The normalized spacial score (nSPS) is 14.9. The predicted molar refractivity (Wildman–Crippen MR) is 114 cm³/mol. The Hall–Kier alpha value is -1.51. The molecule has 1 rings (SSSR count). The number of carboxylic acids is 1. The summed E-state index contributed by atoms with van der Waals surface area (Å²) in [5.74, 6) is 0.456. The third-order valence-corrected chi connectivity index (χ3v) is 5.50. The summed E-state index contributed by atoms with van der Waals surface area (Å²) in [4.78, 5) is 12.3. The molecular weight excluding hydrogens is 336 g/mol. The molecule has 0 bridgehead atoms. The highest BCUT2D eigenvalue weighted by Crippen LogP contribution is 2.43. The topological polar surface area (TPSA) is 46.5 Å². The van der Waals surface area contributed by atoms with Gasteiger partial charge in [-0.05, 0) is 47.1 Å². The minimum Gasteiger partial charge on any atom is -0.496 e. The van der Waals surface area contributed by atoms with Gasteiger partial charge in [-0.2, -0.15) is 0 Å². The second kappa shape index (κ2) is 8.24. The third-order valence-electron chi connectivity index (χ3n) is 5.50. The number of ether oxygens (including phenoxy) is 1. The van der Waals surface area contributed by atoms with Crippen molar-refractivity contribution in [1.82, 2.24) is 0 Å². The largest absolute Gasteiger partial charge is 0.496 e. The summed E-state index contributed by atoms with van der Waals surface area (Å²) in [6, 6.07) is 4.40. The Morgan fingerprint density at radius 1 is 1.07 bits per heavy atom. The first kappa shape index (κ1) is 23.5. The molecule has 1 unspecified atom stereocenters. The van der Waals surface area contributed by atoms with Gasteiger partial charge in [-0.1, -0.05) is 74.4 Å². The highest BCUT2D eigenvalue weighted by atomic mass is 16.5. The van der Waals surface area contributed by atoms with Crippen molar-refractivity contribution in [2.45, 2.75) is 92.4 Å². The van der Waals surface area contributed by atoms with Gasteiger partial charge in [0.25, 0.3) is 0 Å². The highest BCUT2D eigenvalue weighted by molar-refractivity contribution is 5.75. The van der Waals surface area contributed by atoms with Crippen LogP contribution in [0.15, 0.2) is 12.1 Å². The molecule has 0 heterocycles. The van der Waals surface area contributed by atoms with E-state index in [4.69, 9.17) is 4.74 Å². The van der Waals surface area contributed by atoms with E-state index in [9.17, 15) is 9.90 Å². The van der Waals surface area contributed by atoms with E-state index in [1.54, 1.807) is 7.11 Å². The Morgan fingerprint density at radius 3 is 1.96 bits per heavy atom. The van der Waals surface area contributed by atoms with Crippen LogP contribution < -0.4 is 4.74 Å². The van der Waals surface area contributed by atoms with Gasteiger partial charge in [-0.25, -0.2) is 0 Å². The minimum absolute atomic E-state index is 0.0167. The molecule has 1 N–H and O–H groups in total. The fourth-order valence-corrected chi connectivity index (χ4v) is 3.85. The van der Waals surface area contributed by atoms with Gasteiger partial charge in [0.15, 0.2) is 0 Å². The molecule has 0 aliphatic rings. The molecule has 0 saturated carbocycles. The lowest BCUT2D eigenvalue weighted by molar-refractivity contribution is -0.150. The Balaban J connectivity index is 3.71. The summed E-state index contributed by atoms with van der Waals surface area (Å²) >= 11 is 0. The molecular formula is C24H40O3. The number of rotatable bonds is 7. The lowest BCUT2D eigenvalue weighted by Crippen LogP contribution is -2.35. The van der Waals surface area contributed by atoms with Crippen molar-refractivity contribution in [3.8, 4) is 5.75 Å². The molecule has 27 heavy (non-hydrogen) atoms. The van der Waals surface area contributed by atoms with Crippen LogP contribution in [0, 0.1) is 11.3 Å². The van der Waals surface area contributed by atoms with E-state index in [0.717, 1.165) is 16.9 Å². The standard InChI is InChI=1S/C24H40O3/c1-11-24(21(25)26,14-16(2)3)15-17-12-18(22(4,5)6)13-19(20(17)27-10)23(7,8)9/h12-13,16H,11,14-15H2,1-10H3,(H,25,26). The van der Waals surface area contributed by atoms with Crippen molar-refractivity contribution < 1.29 is 14.6 Å². The zero-order valence-electron chi connectivity index (χ0n) is 19.1. The van der Waals surface area contributed by atoms with Crippen LogP contribution in [0.3, 0.4) is 0 Å². The van der Waals surface area contributed by atoms with Crippen molar-refractivity contribution in [2.24, 2.45) is 11.3 Å². The number of carboxylic acid groups (broad SMARTS) is 1. The van der Waals surface area contributed by atoms with E-state index >= 15 is 0 Å². The molecule has 3 nitrogen and oxygen atoms in total. The minimum atomic E-state index is -0.771. The summed E-state index contributed by atoms with van der Waals surface area (Å²) in [5.41, 5.74) is 2.51. The molecule has 0 aliphatic carbocycles. The number of hydrogen-bond donors (Lipinski definition) is 1. The second-order valence-electron chi connectivity index (χ2n) is 10.4. The van der Waals surface area contributed by atoms with E-state index in [1.807, 2.05) is 6.92 Å². The Labute approximate surface area is 166 Å². The number of carbonyl (C=O) groups is 1. The quantitative estimate of drug-likeness (QED) is 0.602. The molecule has 1 aromatic rings. The molecule has 0 fully saturated rings. The molecule has 0 radical (unpaired) electrons. The fourth-order valence-electron chi connectivity index (χ4n) is 3.85. The van der Waals surface area contributed by atoms with Crippen LogP contribution in [-0.4, -0.2) is 18.2 Å². The average molecular weight is 377 g/mol. The molecule has 0 saturated heterocycles. The summed E-state index contributed by atoms with van der Waals surface area (Å²) < 4.78 is 5.85. The molecule has 1 atom stereocenters. The zero-order valence-corrected chi connectivity index (χ0v) is 19.1. The first-order valence-corrected chi connectivity index (χ1v) is 10.1. The van der Waals surface area contributed by atoms with Crippen LogP contribution in [-0.2, 0) is 22.0 Å². The highest BCUT2D eigenvalue weighted by Gasteiger charge is 2.39. The number of aliphatic carboxylic acids is 1. The first-order valence-electron chi connectivity index (χ1n) is 10.1.